The summed E-state index contributed by atoms with van der Waals surface area (Å²) in [5.41, 5.74) is 2.03. The number of ether oxygens (including phenoxy) is 1. The lowest BCUT2D eigenvalue weighted by atomic mass is 10.2. The molecular weight excluding hydrogens is 454 g/mol. The normalized spacial score (nSPS) is 10.2. The molecule has 0 unspecified atom stereocenters. The number of amides is 2. The van der Waals surface area contributed by atoms with Crippen LogP contribution in [0.4, 0.5) is 5.69 Å². The third-order valence-corrected chi connectivity index (χ3v) is 4.90. The van der Waals surface area contributed by atoms with Crippen molar-refractivity contribution < 1.29 is 23.5 Å². The second-order valence-corrected chi connectivity index (χ2v) is 7.71. The Bertz CT molecular complexity index is 1120. The van der Waals surface area contributed by atoms with Crippen molar-refractivity contribution in [3.8, 4) is 0 Å². The van der Waals surface area contributed by atoms with Gasteiger partial charge in [0.25, 0.3) is 5.91 Å². The first kappa shape index (κ1) is 24.7. The molecule has 0 bridgehead atoms. The molecule has 0 saturated heterocycles. The molecule has 0 aliphatic rings. The molecule has 0 aliphatic heterocycles. The highest BCUT2D eigenvalue weighted by atomic mass is 32.1. The summed E-state index contributed by atoms with van der Waals surface area (Å²) in [7, 11) is 0. The van der Waals surface area contributed by atoms with E-state index in [1.807, 2.05) is 30.3 Å². The standard InChI is InChI=1S/C25H25N3O5S/c29-22(11-12-23(30)33-15-13-18-6-2-1-3-7-18)28-25(34)27-20-9-4-8-19(16-20)24(31)26-17-21-10-5-14-32-21/h1-10,14,16H,11-13,15,17H2,(H,26,31)(H2,27,28,29,34). The van der Waals surface area contributed by atoms with Crippen LogP contribution in [-0.4, -0.2) is 29.5 Å². The minimum Gasteiger partial charge on any atom is -0.467 e. The number of carbonyl (C=O) groups is 3. The molecule has 34 heavy (non-hydrogen) atoms. The van der Waals surface area contributed by atoms with Crippen molar-refractivity contribution in [2.24, 2.45) is 0 Å². The van der Waals surface area contributed by atoms with E-state index in [4.69, 9.17) is 21.4 Å². The SMILES string of the molecule is O=C(CCC(=O)OCCc1ccccc1)NC(=S)Nc1cccc(C(=O)NCc2ccco2)c1. The fraction of sp³-hybridized carbons (Fsp3) is 0.200. The minimum absolute atomic E-state index is 0.0471. The van der Waals surface area contributed by atoms with E-state index in [0.29, 0.717) is 23.4 Å². The lowest BCUT2D eigenvalue weighted by Gasteiger charge is -2.11. The molecule has 0 fully saturated rings. The number of hydrogen-bond acceptors (Lipinski definition) is 6. The zero-order valence-electron chi connectivity index (χ0n) is 18.4. The molecule has 0 atom stereocenters. The second-order valence-electron chi connectivity index (χ2n) is 7.30. The number of hydrogen-bond donors (Lipinski definition) is 3. The topological polar surface area (TPSA) is 110 Å². The number of furan rings is 1. The molecule has 3 rings (SSSR count). The molecule has 2 aromatic carbocycles. The number of rotatable bonds is 10. The Morgan fingerprint density at radius 1 is 0.941 bits per heavy atom. The maximum Gasteiger partial charge on any atom is 0.306 e. The Morgan fingerprint density at radius 3 is 2.53 bits per heavy atom. The van der Waals surface area contributed by atoms with E-state index in [2.05, 4.69) is 16.0 Å². The first-order valence-electron chi connectivity index (χ1n) is 10.7. The molecule has 3 N–H and O–H groups in total. The van der Waals surface area contributed by atoms with Crippen molar-refractivity contribution >= 4 is 40.8 Å². The van der Waals surface area contributed by atoms with Crippen LogP contribution in [0, 0.1) is 0 Å². The summed E-state index contributed by atoms with van der Waals surface area (Å²) < 4.78 is 10.4. The van der Waals surface area contributed by atoms with Crippen LogP contribution < -0.4 is 16.0 Å². The third-order valence-electron chi connectivity index (χ3n) is 4.69. The van der Waals surface area contributed by atoms with Crippen LogP contribution in [0.2, 0.25) is 0 Å². The Morgan fingerprint density at radius 2 is 1.76 bits per heavy atom. The lowest BCUT2D eigenvalue weighted by Crippen LogP contribution is -2.34. The van der Waals surface area contributed by atoms with Gasteiger partial charge in [0.15, 0.2) is 5.11 Å². The predicted octanol–water partition coefficient (Wildman–Crippen LogP) is 3.59. The van der Waals surface area contributed by atoms with E-state index in [0.717, 1.165) is 5.56 Å². The van der Waals surface area contributed by atoms with Crippen molar-refractivity contribution in [1.29, 1.82) is 0 Å². The smallest absolute Gasteiger partial charge is 0.306 e. The maximum atomic E-state index is 12.3. The fourth-order valence-corrected chi connectivity index (χ4v) is 3.22. The Balaban J connectivity index is 1.36. The predicted molar refractivity (Wildman–Crippen MR) is 131 cm³/mol. The summed E-state index contributed by atoms with van der Waals surface area (Å²) in [6, 6.07) is 19.9. The van der Waals surface area contributed by atoms with Gasteiger partial charge in [0.1, 0.15) is 5.76 Å². The van der Waals surface area contributed by atoms with E-state index in [9.17, 15) is 14.4 Å². The van der Waals surface area contributed by atoms with Crippen LogP contribution in [-0.2, 0) is 27.3 Å². The van der Waals surface area contributed by atoms with Gasteiger partial charge in [-0.15, -0.1) is 0 Å². The summed E-state index contributed by atoms with van der Waals surface area (Å²) in [5, 5.41) is 8.21. The highest BCUT2D eigenvalue weighted by molar-refractivity contribution is 7.80. The van der Waals surface area contributed by atoms with Gasteiger partial charge >= 0.3 is 5.97 Å². The van der Waals surface area contributed by atoms with Crippen LogP contribution in [0.3, 0.4) is 0 Å². The molecule has 1 heterocycles. The van der Waals surface area contributed by atoms with Crippen LogP contribution >= 0.6 is 12.2 Å². The zero-order chi connectivity index (χ0) is 24.2. The molecule has 8 nitrogen and oxygen atoms in total. The monoisotopic (exact) mass is 479 g/mol. The summed E-state index contributed by atoms with van der Waals surface area (Å²) in [4.78, 5) is 36.3. The largest absolute Gasteiger partial charge is 0.467 e. The summed E-state index contributed by atoms with van der Waals surface area (Å²) in [5.74, 6) is -0.490. The van der Waals surface area contributed by atoms with Crippen molar-refractivity contribution in [1.82, 2.24) is 10.6 Å². The van der Waals surface area contributed by atoms with Gasteiger partial charge in [-0.3, -0.25) is 14.4 Å². The van der Waals surface area contributed by atoms with Gasteiger partial charge in [0.2, 0.25) is 5.91 Å². The number of benzene rings is 2. The Kier molecular flexibility index (Phi) is 9.36. The summed E-state index contributed by atoms with van der Waals surface area (Å²) in [6.07, 6.45) is 2.05. The van der Waals surface area contributed by atoms with Crippen molar-refractivity contribution in [3.63, 3.8) is 0 Å². The highest BCUT2D eigenvalue weighted by Crippen LogP contribution is 2.11. The summed E-state index contributed by atoms with van der Waals surface area (Å²) >= 11 is 5.16. The van der Waals surface area contributed by atoms with E-state index in [1.54, 1.807) is 36.4 Å². The number of thiocarbonyl (C=S) groups is 1. The molecule has 0 aliphatic carbocycles. The molecule has 3 aromatic rings. The van der Waals surface area contributed by atoms with Crippen LogP contribution in [0.1, 0.15) is 34.5 Å². The Hall–Kier alpha value is -3.98. The Labute approximate surface area is 202 Å². The van der Waals surface area contributed by atoms with Gasteiger partial charge in [-0.2, -0.15) is 0 Å². The van der Waals surface area contributed by atoms with Crippen LogP contribution in [0.5, 0.6) is 0 Å². The molecule has 9 heteroatoms. The minimum atomic E-state index is -0.446. The quantitative estimate of drug-likeness (QED) is 0.301. The number of anilines is 1. The van der Waals surface area contributed by atoms with E-state index in [1.165, 1.54) is 6.26 Å². The number of nitrogens with one attached hydrogen (secondary N) is 3. The lowest BCUT2D eigenvalue weighted by molar-refractivity contribution is -0.144. The van der Waals surface area contributed by atoms with E-state index >= 15 is 0 Å². The first-order chi connectivity index (χ1) is 16.5. The molecule has 1 aromatic heterocycles. The van der Waals surface area contributed by atoms with Gasteiger partial charge in [0.05, 0.1) is 25.8 Å². The molecular formula is C25H25N3O5S. The maximum absolute atomic E-state index is 12.3. The van der Waals surface area contributed by atoms with Gasteiger partial charge in [0, 0.05) is 24.1 Å². The van der Waals surface area contributed by atoms with E-state index in [-0.39, 0.29) is 37.0 Å². The molecule has 2 amide bonds. The third kappa shape index (κ3) is 8.51. The van der Waals surface area contributed by atoms with Crippen molar-refractivity contribution in [3.05, 3.63) is 89.9 Å². The molecule has 0 radical (unpaired) electrons. The van der Waals surface area contributed by atoms with Gasteiger partial charge < -0.3 is 25.1 Å². The second kappa shape index (κ2) is 12.9. The van der Waals surface area contributed by atoms with E-state index < -0.39 is 11.9 Å². The summed E-state index contributed by atoms with van der Waals surface area (Å²) in [6.45, 7) is 0.530. The average Bonchev–Trinajstić information content (AvgIpc) is 3.36. The van der Waals surface area contributed by atoms with Gasteiger partial charge in [-0.25, -0.2) is 0 Å². The first-order valence-corrected chi connectivity index (χ1v) is 11.1. The number of esters is 1. The van der Waals surface area contributed by atoms with Crippen molar-refractivity contribution in [2.45, 2.75) is 25.8 Å². The van der Waals surface area contributed by atoms with Crippen molar-refractivity contribution in [2.75, 3.05) is 11.9 Å². The van der Waals surface area contributed by atoms with Crippen LogP contribution in [0.25, 0.3) is 0 Å². The van der Waals surface area contributed by atoms with Gasteiger partial charge in [-0.1, -0.05) is 36.4 Å². The van der Waals surface area contributed by atoms with Gasteiger partial charge in [-0.05, 0) is 48.1 Å². The zero-order valence-corrected chi connectivity index (χ0v) is 19.2. The highest BCUT2D eigenvalue weighted by Gasteiger charge is 2.11. The number of carbonyl (C=O) groups excluding carboxylic acids is 3. The molecule has 176 valence electrons. The fourth-order valence-electron chi connectivity index (χ4n) is 2.99. The molecule has 0 spiro atoms. The average molecular weight is 480 g/mol. The van der Waals surface area contributed by atoms with Crippen LogP contribution in [0.15, 0.2) is 77.4 Å². The molecule has 0 saturated carbocycles.